The molecule has 0 saturated heterocycles. The fourth-order valence-electron chi connectivity index (χ4n) is 2.07. The van der Waals surface area contributed by atoms with Gasteiger partial charge in [-0.3, -0.25) is 14.9 Å². The van der Waals surface area contributed by atoms with Gasteiger partial charge in [0.25, 0.3) is 5.91 Å². The number of benzene rings is 2. The standard InChI is InChI=1S/C18H19N3O3S/c1-3-24-16-6-4-5-13(11-16)17(23)21-18(25)20-15-9-7-14(8-10-15)19-12(2)22/h4-11H,3H2,1-2H3,(H,19,22)(H2,20,21,23,25). The van der Waals surface area contributed by atoms with E-state index in [-0.39, 0.29) is 16.9 Å². The molecule has 0 heterocycles. The molecule has 0 atom stereocenters. The Bertz CT molecular complexity index is 775. The molecule has 0 unspecified atom stereocenters. The summed E-state index contributed by atoms with van der Waals surface area (Å²) in [6.07, 6.45) is 0. The van der Waals surface area contributed by atoms with Gasteiger partial charge < -0.3 is 15.4 Å². The topological polar surface area (TPSA) is 79.5 Å². The van der Waals surface area contributed by atoms with E-state index in [1.807, 2.05) is 6.92 Å². The average Bonchev–Trinajstić information content (AvgIpc) is 2.56. The minimum Gasteiger partial charge on any atom is -0.494 e. The molecule has 7 heteroatoms. The molecule has 0 spiro atoms. The van der Waals surface area contributed by atoms with Crippen LogP contribution >= 0.6 is 12.2 Å². The molecule has 0 saturated carbocycles. The Morgan fingerprint density at radius 1 is 1.04 bits per heavy atom. The first-order chi connectivity index (χ1) is 12.0. The smallest absolute Gasteiger partial charge is 0.257 e. The number of amides is 2. The second-order valence-corrected chi connectivity index (χ2v) is 5.54. The maximum atomic E-state index is 12.2. The van der Waals surface area contributed by atoms with Crippen LogP contribution in [0.2, 0.25) is 0 Å². The van der Waals surface area contributed by atoms with Crippen LogP contribution in [0, 0.1) is 0 Å². The number of thiocarbonyl (C=S) groups is 1. The van der Waals surface area contributed by atoms with E-state index in [9.17, 15) is 9.59 Å². The summed E-state index contributed by atoms with van der Waals surface area (Å²) in [4.78, 5) is 23.2. The van der Waals surface area contributed by atoms with Crippen molar-refractivity contribution in [2.45, 2.75) is 13.8 Å². The van der Waals surface area contributed by atoms with Gasteiger partial charge in [0, 0.05) is 23.9 Å². The van der Waals surface area contributed by atoms with Gasteiger partial charge in [0.05, 0.1) is 6.61 Å². The molecule has 0 bridgehead atoms. The normalized spacial score (nSPS) is 9.84. The number of hydrogen-bond acceptors (Lipinski definition) is 4. The van der Waals surface area contributed by atoms with Crippen molar-refractivity contribution in [1.82, 2.24) is 5.32 Å². The van der Waals surface area contributed by atoms with Crippen molar-refractivity contribution < 1.29 is 14.3 Å². The van der Waals surface area contributed by atoms with Gasteiger partial charge in [0.2, 0.25) is 5.91 Å². The summed E-state index contributed by atoms with van der Waals surface area (Å²) >= 11 is 5.16. The van der Waals surface area contributed by atoms with Gasteiger partial charge >= 0.3 is 0 Å². The van der Waals surface area contributed by atoms with Crippen molar-refractivity contribution >= 4 is 40.5 Å². The van der Waals surface area contributed by atoms with Crippen LogP contribution in [-0.2, 0) is 4.79 Å². The van der Waals surface area contributed by atoms with Crippen LogP contribution < -0.4 is 20.7 Å². The van der Waals surface area contributed by atoms with Gasteiger partial charge in [-0.05, 0) is 61.6 Å². The summed E-state index contributed by atoms with van der Waals surface area (Å²) in [7, 11) is 0. The number of nitrogens with one attached hydrogen (secondary N) is 3. The van der Waals surface area contributed by atoms with E-state index >= 15 is 0 Å². The Hall–Kier alpha value is -2.93. The first-order valence-corrected chi connectivity index (χ1v) is 8.11. The van der Waals surface area contributed by atoms with E-state index in [0.29, 0.717) is 29.3 Å². The van der Waals surface area contributed by atoms with E-state index < -0.39 is 0 Å². The highest BCUT2D eigenvalue weighted by Gasteiger charge is 2.09. The quantitative estimate of drug-likeness (QED) is 0.716. The molecule has 2 aromatic carbocycles. The number of anilines is 2. The summed E-state index contributed by atoms with van der Waals surface area (Å²) in [6.45, 7) is 3.85. The number of carbonyl (C=O) groups excluding carboxylic acids is 2. The lowest BCUT2D eigenvalue weighted by atomic mass is 10.2. The fraction of sp³-hybridized carbons (Fsp3) is 0.167. The van der Waals surface area contributed by atoms with Crippen molar-refractivity contribution in [1.29, 1.82) is 0 Å². The first kappa shape index (κ1) is 18.4. The third kappa shape index (κ3) is 5.89. The van der Waals surface area contributed by atoms with Crippen LogP contribution in [0.1, 0.15) is 24.2 Å². The zero-order valence-corrected chi connectivity index (χ0v) is 14.8. The van der Waals surface area contributed by atoms with Crippen LogP contribution in [-0.4, -0.2) is 23.5 Å². The molecule has 0 aliphatic heterocycles. The van der Waals surface area contributed by atoms with Crippen molar-refractivity contribution in [3.63, 3.8) is 0 Å². The second kappa shape index (κ2) is 8.79. The number of rotatable bonds is 5. The maximum Gasteiger partial charge on any atom is 0.257 e. The summed E-state index contributed by atoms with van der Waals surface area (Å²) in [5.41, 5.74) is 1.83. The molecule has 0 aromatic heterocycles. The van der Waals surface area contributed by atoms with Crippen LogP contribution in [0.3, 0.4) is 0 Å². The van der Waals surface area contributed by atoms with Crippen molar-refractivity contribution in [2.75, 3.05) is 17.2 Å². The third-order valence-electron chi connectivity index (χ3n) is 3.10. The summed E-state index contributed by atoms with van der Waals surface area (Å²) in [5, 5.41) is 8.39. The van der Waals surface area contributed by atoms with Gasteiger partial charge in [-0.1, -0.05) is 6.07 Å². The molecule has 2 aromatic rings. The van der Waals surface area contributed by atoms with Gasteiger partial charge in [0.15, 0.2) is 5.11 Å². The highest BCUT2D eigenvalue weighted by Crippen LogP contribution is 2.15. The third-order valence-corrected chi connectivity index (χ3v) is 3.30. The summed E-state index contributed by atoms with van der Waals surface area (Å²) in [5.74, 6) is 0.161. The Balaban J connectivity index is 1.94. The average molecular weight is 357 g/mol. The lowest BCUT2D eigenvalue weighted by Crippen LogP contribution is -2.34. The monoisotopic (exact) mass is 357 g/mol. The minimum atomic E-state index is -0.325. The molecule has 0 aliphatic rings. The van der Waals surface area contributed by atoms with Crippen molar-refractivity contribution in [2.24, 2.45) is 0 Å². The second-order valence-electron chi connectivity index (χ2n) is 5.13. The van der Waals surface area contributed by atoms with Gasteiger partial charge in [0.1, 0.15) is 5.75 Å². The molecule has 0 aliphatic carbocycles. The molecule has 0 fully saturated rings. The van der Waals surface area contributed by atoms with Crippen LogP contribution in [0.5, 0.6) is 5.75 Å². The number of hydrogen-bond donors (Lipinski definition) is 3. The molecular formula is C18H19N3O3S. The SMILES string of the molecule is CCOc1cccc(C(=O)NC(=S)Nc2ccc(NC(C)=O)cc2)c1. The van der Waals surface area contributed by atoms with Gasteiger partial charge in [-0.15, -0.1) is 0 Å². The maximum absolute atomic E-state index is 12.2. The highest BCUT2D eigenvalue weighted by atomic mass is 32.1. The van der Waals surface area contributed by atoms with E-state index in [1.165, 1.54) is 6.92 Å². The van der Waals surface area contributed by atoms with E-state index in [1.54, 1.807) is 48.5 Å². The van der Waals surface area contributed by atoms with Gasteiger partial charge in [-0.25, -0.2) is 0 Å². The Kier molecular flexibility index (Phi) is 6.47. The van der Waals surface area contributed by atoms with Crippen molar-refractivity contribution in [3.8, 4) is 5.75 Å². The highest BCUT2D eigenvalue weighted by molar-refractivity contribution is 7.80. The largest absolute Gasteiger partial charge is 0.494 e. The van der Waals surface area contributed by atoms with E-state index in [0.717, 1.165) is 0 Å². The minimum absolute atomic E-state index is 0.141. The molecular weight excluding hydrogens is 338 g/mol. The molecule has 6 nitrogen and oxygen atoms in total. The van der Waals surface area contributed by atoms with E-state index in [2.05, 4.69) is 16.0 Å². The molecule has 3 N–H and O–H groups in total. The Labute approximate surface area is 151 Å². The fourth-order valence-corrected chi connectivity index (χ4v) is 2.28. The number of carbonyl (C=O) groups is 2. The van der Waals surface area contributed by atoms with Gasteiger partial charge in [-0.2, -0.15) is 0 Å². The van der Waals surface area contributed by atoms with Crippen LogP contribution in [0.4, 0.5) is 11.4 Å². The molecule has 2 amide bonds. The predicted molar refractivity (Wildman–Crippen MR) is 102 cm³/mol. The Morgan fingerprint density at radius 3 is 2.28 bits per heavy atom. The zero-order chi connectivity index (χ0) is 18.2. The zero-order valence-electron chi connectivity index (χ0n) is 14.0. The van der Waals surface area contributed by atoms with Crippen LogP contribution in [0.25, 0.3) is 0 Å². The predicted octanol–water partition coefficient (Wildman–Crippen LogP) is 3.17. The molecule has 2 rings (SSSR count). The lowest BCUT2D eigenvalue weighted by molar-refractivity contribution is -0.114. The van der Waals surface area contributed by atoms with Crippen molar-refractivity contribution in [3.05, 3.63) is 54.1 Å². The molecule has 0 radical (unpaired) electrons. The van der Waals surface area contributed by atoms with Crippen LogP contribution in [0.15, 0.2) is 48.5 Å². The number of ether oxygens (including phenoxy) is 1. The Morgan fingerprint density at radius 2 is 1.68 bits per heavy atom. The molecule has 25 heavy (non-hydrogen) atoms. The molecule has 130 valence electrons. The summed E-state index contributed by atoms with van der Waals surface area (Å²) in [6, 6.07) is 13.8. The van der Waals surface area contributed by atoms with E-state index in [4.69, 9.17) is 17.0 Å². The summed E-state index contributed by atoms with van der Waals surface area (Å²) < 4.78 is 5.38. The lowest BCUT2D eigenvalue weighted by Gasteiger charge is -2.11. The first-order valence-electron chi connectivity index (χ1n) is 7.71.